The maximum Gasteiger partial charge on any atom is 0.426 e. The molecule has 114 heavy (non-hydrogen) atoms. The van der Waals surface area contributed by atoms with Gasteiger partial charge >= 0.3 is 33.0 Å². The third-order valence-corrected chi connectivity index (χ3v) is 17.9. The largest absolute Gasteiger partial charge is 0.477 e. The lowest BCUT2D eigenvalue weighted by Gasteiger charge is -2.25. The molecule has 0 bridgehead atoms. The number of nitrogens with two attached hydrogens (primary N) is 2. The van der Waals surface area contributed by atoms with Gasteiger partial charge in [-0.25, -0.2) is 9.78 Å². The average molecular weight is 1580 g/mol. The summed E-state index contributed by atoms with van der Waals surface area (Å²) >= 11 is 5.59. The number of nitrogens with one attached hydrogen (secondary N) is 1. The second-order valence-corrected chi connectivity index (χ2v) is 32.1. The Morgan fingerprint density at radius 2 is 0.816 bits per heavy atom. The molecule has 11 aromatic rings. The number of nitro groups is 2. The van der Waals surface area contributed by atoms with Crippen molar-refractivity contribution in [3.05, 3.63) is 246 Å². The predicted octanol–water partition coefficient (Wildman–Crippen LogP) is 20.7. The first kappa shape index (κ1) is 95.2. The standard InChI is InChI=1S/C25H26N4O2.C15H12N2O3.C10H14N2O2.2C10H16N2.C9H11ClN2O2.C3H9B3O3.2CH4.H2/c1-16-20(14-18(15-27-16)25(2,3)4)28-24(30)21-13-17-7-6-8-22(23(17)29(21)5)31-19-9-11-26-12-10-19;1-17-12(15(18)19)9-10-3-2-4-13(14(10)17)20-11-5-7-16-8-6-11;1-7-9(12(13)14)5-8(6-11-7)10(2,3)4;2*1-7-9(11)5-8(6-12-7)10(2,3)4;1-9(2,3)6-4-7(12(13)14)8(10)11-5-6;1-4-7-5(2)9-6(3)8-4;;;/h6-15H,1-5H3,(H,28,30);2-9H,1H3,(H,18,19);5-6H,1-4H3;2*5-6H,11H2,1-4H3;4-5H,1-3H3;1-3H3;2*1H4;1H. The van der Waals surface area contributed by atoms with Crippen molar-refractivity contribution in [1.82, 2.24) is 44.0 Å². The van der Waals surface area contributed by atoms with Crippen molar-refractivity contribution in [3.8, 4) is 23.0 Å². The Balaban J connectivity index is 0.000000360. The van der Waals surface area contributed by atoms with Crippen LogP contribution in [0.25, 0.3) is 21.8 Å². The first-order chi connectivity index (χ1) is 52.0. The molecule has 10 heterocycles. The summed E-state index contributed by atoms with van der Waals surface area (Å²) in [4.78, 5) is 73.4. The van der Waals surface area contributed by atoms with Crippen LogP contribution in [0, 0.1) is 47.9 Å². The van der Waals surface area contributed by atoms with E-state index >= 15 is 0 Å². The number of nitrogens with zero attached hydrogens (tertiary/aromatic N) is 11. The number of fused-ring (bicyclic) bond motifs is 2. The van der Waals surface area contributed by atoms with Crippen LogP contribution in [0.5, 0.6) is 23.0 Å². The van der Waals surface area contributed by atoms with E-state index in [4.69, 9.17) is 46.3 Å². The van der Waals surface area contributed by atoms with Gasteiger partial charge in [0.2, 0.25) is 5.15 Å². The Hall–Kier alpha value is -11.1. The van der Waals surface area contributed by atoms with Crippen molar-refractivity contribution in [3.63, 3.8) is 0 Å². The quantitative estimate of drug-likeness (QED) is 0.0451. The van der Waals surface area contributed by atoms with Gasteiger partial charge < -0.3 is 54.2 Å². The molecule has 1 saturated heterocycles. The van der Waals surface area contributed by atoms with Crippen molar-refractivity contribution >= 4 is 95.1 Å². The van der Waals surface area contributed by atoms with Gasteiger partial charge in [-0.05, 0) is 170 Å². The lowest BCUT2D eigenvalue weighted by Crippen LogP contribution is -2.44. The van der Waals surface area contributed by atoms with Gasteiger partial charge in [-0.15, -0.1) is 0 Å². The Morgan fingerprint density at radius 3 is 1.18 bits per heavy atom. The summed E-state index contributed by atoms with van der Waals surface area (Å²) in [6.45, 7) is 44.1. The van der Waals surface area contributed by atoms with Crippen molar-refractivity contribution in [2.75, 3.05) is 16.8 Å². The fourth-order valence-electron chi connectivity index (χ4n) is 10.6. The van der Waals surface area contributed by atoms with E-state index in [0.29, 0.717) is 34.4 Å². The number of amides is 1. The van der Waals surface area contributed by atoms with Crippen LogP contribution < -0.4 is 26.3 Å². The van der Waals surface area contributed by atoms with Crippen LogP contribution in [-0.2, 0) is 54.9 Å². The molecule has 26 nitrogen and oxygen atoms in total. The van der Waals surface area contributed by atoms with E-state index in [1.54, 1.807) is 92.1 Å². The molecule has 0 atom stereocenters. The number of rotatable bonds is 9. The minimum absolute atomic E-state index is 0. The molecule has 30 heteroatoms. The number of pyridine rings is 7. The molecule has 1 aliphatic heterocycles. The van der Waals surface area contributed by atoms with Crippen molar-refractivity contribution < 1.29 is 49.2 Å². The highest BCUT2D eigenvalue weighted by Crippen LogP contribution is 2.36. The Bertz CT molecular complexity index is 4920. The molecule has 0 radical (unpaired) electrons. The van der Waals surface area contributed by atoms with Crippen LogP contribution in [0.2, 0.25) is 25.6 Å². The number of nitrogen functional groups attached to an aromatic ring is 2. The van der Waals surface area contributed by atoms with Gasteiger partial charge in [0, 0.05) is 94.2 Å². The summed E-state index contributed by atoms with van der Waals surface area (Å²) in [6.07, 6.45) is 15.6. The van der Waals surface area contributed by atoms with Crippen molar-refractivity contribution in [2.24, 2.45) is 14.1 Å². The van der Waals surface area contributed by atoms with Crippen molar-refractivity contribution in [1.29, 1.82) is 0 Å². The SMILES string of the molecule is C.C.CB1OB(C)OB(C)O1.CC(C)(C)c1cnc(Cl)c([N+](=O)[O-])c1.Cc1ncc(C(C)(C)C)cc1N.Cc1ncc(C(C)(C)C)cc1N.Cc1ncc(C(C)(C)C)cc1NC(=O)c1cc2cccc(Oc3ccncc3)c2n1C.Cc1ncc(C(C)(C)C)cc1[N+](=O)[O-].Cn1c(C(=O)O)cc2cccc(Oc3ccncc3)c21.[HH]. The maximum atomic E-state index is 13.2. The van der Waals surface area contributed by atoms with E-state index in [9.17, 15) is 34.9 Å². The van der Waals surface area contributed by atoms with Crippen LogP contribution in [0.1, 0.15) is 192 Å². The number of hydrogen-bond donors (Lipinski definition) is 4. The van der Waals surface area contributed by atoms with Gasteiger partial charge in [-0.2, -0.15) is 0 Å². The summed E-state index contributed by atoms with van der Waals surface area (Å²) in [5, 5.41) is 35.2. The van der Waals surface area contributed by atoms with Crippen molar-refractivity contribution in [2.45, 2.75) is 194 Å². The van der Waals surface area contributed by atoms with Crippen LogP contribution in [-0.4, -0.2) is 92.2 Å². The number of carboxylic acids is 1. The Morgan fingerprint density at radius 1 is 0.491 bits per heavy atom. The highest BCUT2D eigenvalue weighted by molar-refractivity contribution is 6.72. The highest BCUT2D eigenvalue weighted by Gasteiger charge is 2.32. The molecule has 12 rings (SSSR count). The maximum absolute atomic E-state index is 13.2. The van der Waals surface area contributed by atoms with E-state index in [1.165, 1.54) is 17.2 Å². The number of anilines is 3. The zero-order chi connectivity index (χ0) is 83.7. The lowest BCUT2D eigenvalue weighted by atomic mass is 9.74. The molecule has 1 aliphatic rings. The molecule has 608 valence electrons. The van der Waals surface area contributed by atoms with Gasteiger partial charge in [0.05, 0.1) is 55.0 Å². The monoisotopic (exact) mass is 1580 g/mol. The third kappa shape index (κ3) is 27.3. The summed E-state index contributed by atoms with van der Waals surface area (Å²) in [7, 11) is 3.18. The molecule has 0 spiro atoms. The van der Waals surface area contributed by atoms with Crippen LogP contribution >= 0.6 is 11.6 Å². The number of carboxylic acid groups (broad SMARTS) is 1. The fraction of sp³-hybridized carbons (Fsp3) is 0.369. The van der Waals surface area contributed by atoms with Crippen LogP contribution in [0.4, 0.5) is 28.4 Å². The molecular formula is C84H114B3ClN14O12. The molecule has 0 unspecified atom stereocenters. The Kier molecular flexibility index (Phi) is 33.9. The van der Waals surface area contributed by atoms with E-state index in [1.807, 2.05) is 174 Å². The fourth-order valence-corrected chi connectivity index (χ4v) is 10.8. The molecule has 1 fully saturated rings. The smallest absolute Gasteiger partial charge is 0.426 e. The number of halogens is 1. The zero-order valence-corrected chi connectivity index (χ0v) is 69.4. The second-order valence-electron chi connectivity index (χ2n) is 31.8. The number of hydrogen-bond acceptors (Lipinski definition) is 20. The zero-order valence-electron chi connectivity index (χ0n) is 68.6. The van der Waals surface area contributed by atoms with Gasteiger partial charge in [0.25, 0.3) is 11.6 Å². The third-order valence-electron chi connectivity index (χ3n) is 17.6. The summed E-state index contributed by atoms with van der Waals surface area (Å²) < 4.78 is 30.7. The molecular weight excluding hydrogens is 1460 g/mol. The van der Waals surface area contributed by atoms with E-state index < -0.39 is 15.8 Å². The average Bonchev–Trinajstić information content (AvgIpc) is 1.63. The van der Waals surface area contributed by atoms with Gasteiger partial charge in [-0.1, -0.05) is 155 Å². The number of carbonyl (C=O) groups is 2. The molecule has 0 saturated carbocycles. The van der Waals surface area contributed by atoms with Crippen LogP contribution in [0.3, 0.4) is 0 Å². The van der Waals surface area contributed by atoms with E-state index in [0.717, 1.165) is 72.6 Å². The number of aromatic nitrogens is 9. The molecule has 2 aromatic carbocycles. The minimum Gasteiger partial charge on any atom is -0.477 e. The van der Waals surface area contributed by atoms with E-state index in [2.05, 4.69) is 103 Å². The molecule has 6 N–H and O–H groups in total. The van der Waals surface area contributed by atoms with Gasteiger partial charge in [-0.3, -0.25) is 54.9 Å². The van der Waals surface area contributed by atoms with Gasteiger partial charge in [0.1, 0.15) is 28.6 Å². The topological polar surface area (TPSA) is 351 Å². The number of ether oxygens (including phenoxy) is 2. The first-order valence-electron chi connectivity index (χ1n) is 36.2. The lowest BCUT2D eigenvalue weighted by molar-refractivity contribution is -0.385. The minimum atomic E-state index is -0.960. The number of para-hydroxylation sites is 2. The first-order valence-corrected chi connectivity index (χ1v) is 36.6. The molecule has 1 amide bonds. The normalized spacial score (nSPS) is 11.9. The molecule has 9 aromatic heterocycles. The predicted molar refractivity (Wildman–Crippen MR) is 464 cm³/mol. The summed E-state index contributed by atoms with van der Waals surface area (Å²) in [5.74, 6) is 1.49. The number of aromatic carboxylic acids is 1. The van der Waals surface area contributed by atoms with Crippen LogP contribution in [0.15, 0.2) is 159 Å². The summed E-state index contributed by atoms with van der Waals surface area (Å²) in [5.41, 5.74) is 24.2. The number of carbonyl (C=O) groups excluding carboxylic acids is 1. The number of aryl methyl sites for hydroxylation is 6. The van der Waals surface area contributed by atoms with Gasteiger partial charge in [0.15, 0.2) is 11.5 Å². The molecule has 0 aliphatic carbocycles. The van der Waals surface area contributed by atoms with E-state index in [-0.39, 0.29) is 92.8 Å². The highest BCUT2D eigenvalue weighted by atomic mass is 35.5. The number of benzene rings is 2. The Labute approximate surface area is 678 Å². The summed E-state index contributed by atoms with van der Waals surface area (Å²) in [6, 6.07) is 31.0. The second kappa shape index (κ2) is 40.6.